The SMILES string of the molecule is CCCCCCCCCCCCCCCCCCCCCCCC(=O)OC(COC(C)=O)COP(=O)([O-])OCC[N+](C)(C)C. The molecule has 0 fully saturated rings. The summed E-state index contributed by atoms with van der Waals surface area (Å²) in [4.78, 5) is 35.6. The summed E-state index contributed by atoms with van der Waals surface area (Å²) in [5.74, 6) is -1.02. The normalized spacial score (nSPS) is 13.9. The molecule has 262 valence electrons. The van der Waals surface area contributed by atoms with Crippen LogP contribution in [0.1, 0.15) is 155 Å². The third-order valence-corrected chi connectivity index (χ3v) is 8.65. The second-order valence-corrected chi connectivity index (χ2v) is 14.7. The Kier molecular flexibility index (Phi) is 27.6. The van der Waals surface area contributed by atoms with E-state index in [1.165, 1.54) is 122 Å². The van der Waals surface area contributed by atoms with Crippen LogP contribution in [-0.4, -0.2) is 70.0 Å². The van der Waals surface area contributed by atoms with Crippen molar-refractivity contribution in [3.05, 3.63) is 0 Å². The number of phosphoric acid groups is 1. The molecule has 0 rings (SSSR count). The first-order chi connectivity index (χ1) is 20.9. The third kappa shape index (κ3) is 32.4. The molecule has 0 aromatic heterocycles. The molecule has 0 aromatic rings. The topological polar surface area (TPSA) is 111 Å². The number of unbranched alkanes of at least 4 members (excludes halogenated alkanes) is 20. The number of likely N-dealkylation sites (N-methyl/N-ethyl adjacent to an activating group) is 1. The molecule has 2 unspecified atom stereocenters. The highest BCUT2D eigenvalue weighted by Gasteiger charge is 2.21. The van der Waals surface area contributed by atoms with Gasteiger partial charge in [0.05, 0.1) is 27.7 Å². The van der Waals surface area contributed by atoms with Crippen molar-refractivity contribution < 1.29 is 42.1 Å². The van der Waals surface area contributed by atoms with E-state index in [-0.39, 0.29) is 19.6 Å². The lowest BCUT2D eigenvalue weighted by Crippen LogP contribution is -2.37. The van der Waals surface area contributed by atoms with Gasteiger partial charge in [-0.05, 0) is 6.42 Å². The molecule has 9 nitrogen and oxygen atoms in total. The number of rotatable bonds is 32. The smallest absolute Gasteiger partial charge is 0.306 e. The van der Waals surface area contributed by atoms with Crippen LogP contribution in [0.5, 0.6) is 0 Å². The van der Waals surface area contributed by atoms with Gasteiger partial charge in [-0.1, -0.05) is 135 Å². The zero-order chi connectivity index (χ0) is 32.9. The first-order valence-corrected chi connectivity index (χ1v) is 19.1. The van der Waals surface area contributed by atoms with E-state index in [2.05, 4.69) is 6.92 Å². The van der Waals surface area contributed by atoms with Crippen LogP contribution < -0.4 is 4.89 Å². The van der Waals surface area contributed by atoms with E-state index >= 15 is 0 Å². The van der Waals surface area contributed by atoms with Crippen molar-refractivity contribution >= 4 is 19.8 Å². The number of nitrogens with zero attached hydrogens (tertiary/aromatic N) is 1. The minimum absolute atomic E-state index is 0.0296. The van der Waals surface area contributed by atoms with Crippen molar-refractivity contribution in [2.24, 2.45) is 0 Å². The van der Waals surface area contributed by atoms with Crippen LogP contribution >= 0.6 is 7.82 Å². The van der Waals surface area contributed by atoms with Gasteiger partial charge < -0.3 is 27.9 Å². The van der Waals surface area contributed by atoms with Crippen molar-refractivity contribution in [3.8, 4) is 0 Å². The molecular formula is C34H68NO8P. The lowest BCUT2D eigenvalue weighted by Gasteiger charge is -2.28. The zero-order valence-corrected chi connectivity index (χ0v) is 30.0. The summed E-state index contributed by atoms with van der Waals surface area (Å²) in [6.07, 6.45) is 26.5. The molecule has 0 aromatic carbocycles. The molecule has 0 aliphatic heterocycles. The molecule has 0 aliphatic carbocycles. The monoisotopic (exact) mass is 649 g/mol. The number of ether oxygens (including phenoxy) is 2. The number of hydrogen-bond donors (Lipinski definition) is 0. The van der Waals surface area contributed by atoms with Gasteiger partial charge in [-0.15, -0.1) is 0 Å². The summed E-state index contributed by atoms with van der Waals surface area (Å²) >= 11 is 0. The van der Waals surface area contributed by atoms with Crippen molar-refractivity contribution in [2.75, 3.05) is 47.5 Å². The van der Waals surface area contributed by atoms with Crippen molar-refractivity contribution in [1.29, 1.82) is 0 Å². The Hall–Kier alpha value is -0.990. The number of hydrogen-bond acceptors (Lipinski definition) is 8. The molecule has 0 spiro atoms. The van der Waals surface area contributed by atoms with E-state index in [9.17, 15) is 19.0 Å². The van der Waals surface area contributed by atoms with Gasteiger partial charge in [-0.25, -0.2) is 0 Å². The molecule has 0 amide bonds. The van der Waals surface area contributed by atoms with E-state index in [4.69, 9.17) is 18.5 Å². The minimum Gasteiger partial charge on any atom is -0.756 e. The second kappa shape index (κ2) is 28.3. The van der Waals surface area contributed by atoms with E-state index in [1.54, 1.807) is 0 Å². The van der Waals surface area contributed by atoms with E-state index in [0.717, 1.165) is 12.8 Å². The molecule has 0 N–H and O–H groups in total. The van der Waals surface area contributed by atoms with Crippen LogP contribution in [0.15, 0.2) is 0 Å². The van der Waals surface area contributed by atoms with Crippen LogP contribution in [-0.2, 0) is 32.7 Å². The highest BCUT2D eigenvalue weighted by molar-refractivity contribution is 7.45. The van der Waals surface area contributed by atoms with Gasteiger partial charge >= 0.3 is 11.9 Å². The minimum atomic E-state index is -4.57. The van der Waals surface area contributed by atoms with E-state index in [1.807, 2.05) is 21.1 Å². The number of carbonyl (C=O) groups excluding carboxylic acids is 2. The van der Waals surface area contributed by atoms with Gasteiger partial charge in [0.2, 0.25) is 0 Å². The number of carbonyl (C=O) groups is 2. The van der Waals surface area contributed by atoms with Gasteiger partial charge in [0.15, 0.2) is 6.10 Å². The van der Waals surface area contributed by atoms with E-state index < -0.39 is 32.5 Å². The Morgan fingerprint density at radius 1 is 0.659 bits per heavy atom. The maximum absolute atomic E-state index is 12.3. The maximum atomic E-state index is 12.3. The summed E-state index contributed by atoms with van der Waals surface area (Å²) in [5, 5.41) is 0. The fraction of sp³-hybridized carbons (Fsp3) is 0.941. The van der Waals surface area contributed by atoms with Gasteiger partial charge in [-0.3, -0.25) is 14.2 Å². The Labute approximate surface area is 270 Å². The lowest BCUT2D eigenvalue weighted by atomic mass is 10.0. The average molecular weight is 650 g/mol. The highest BCUT2D eigenvalue weighted by Crippen LogP contribution is 2.38. The summed E-state index contributed by atoms with van der Waals surface area (Å²) in [7, 11) is 1.17. The average Bonchev–Trinajstić information content (AvgIpc) is 2.94. The molecule has 0 bridgehead atoms. The van der Waals surface area contributed by atoms with E-state index in [0.29, 0.717) is 17.4 Å². The largest absolute Gasteiger partial charge is 0.756 e. The Balaban J connectivity index is 3.78. The molecule has 10 heteroatoms. The van der Waals surface area contributed by atoms with Gasteiger partial charge in [0.25, 0.3) is 7.82 Å². The second-order valence-electron chi connectivity index (χ2n) is 13.3. The number of phosphoric ester groups is 1. The molecule has 0 heterocycles. The quantitative estimate of drug-likeness (QED) is 0.0310. The van der Waals surface area contributed by atoms with Crippen LogP contribution in [0.2, 0.25) is 0 Å². The molecule has 0 aliphatic rings. The predicted molar refractivity (Wildman–Crippen MR) is 176 cm³/mol. The lowest BCUT2D eigenvalue weighted by molar-refractivity contribution is -0.870. The standard InChI is InChI=1S/C34H68NO8P/c1-6-7-8-9-10-11-12-13-14-15-16-17-18-19-20-21-22-23-24-25-26-27-34(37)43-33(30-40-32(2)36)31-42-44(38,39)41-29-28-35(3,4)5/h33H,6-31H2,1-5H3. The fourth-order valence-electron chi connectivity index (χ4n) is 4.91. The summed E-state index contributed by atoms with van der Waals surface area (Å²) in [6.45, 7) is 3.20. The Bertz CT molecular complexity index is 743. The third-order valence-electron chi connectivity index (χ3n) is 7.69. The maximum Gasteiger partial charge on any atom is 0.306 e. The molecule has 0 radical (unpaired) electrons. The Morgan fingerprint density at radius 2 is 1.07 bits per heavy atom. The fourth-order valence-corrected chi connectivity index (χ4v) is 5.64. The van der Waals surface area contributed by atoms with Crippen molar-refractivity contribution in [1.82, 2.24) is 0 Å². The van der Waals surface area contributed by atoms with Crippen LogP contribution in [0.4, 0.5) is 0 Å². The summed E-state index contributed by atoms with van der Waals surface area (Å²) < 4.78 is 32.6. The molecule has 44 heavy (non-hydrogen) atoms. The first-order valence-electron chi connectivity index (χ1n) is 17.7. The van der Waals surface area contributed by atoms with Crippen LogP contribution in [0.3, 0.4) is 0 Å². The van der Waals surface area contributed by atoms with Crippen LogP contribution in [0, 0.1) is 0 Å². The first kappa shape index (κ1) is 43.0. The number of esters is 2. The molecule has 2 atom stereocenters. The van der Waals surface area contributed by atoms with Gasteiger partial charge in [0, 0.05) is 13.3 Å². The van der Waals surface area contributed by atoms with Crippen LogP contribution in [0.25, 0.3) is 0 Å². The van der Waals surface area contributed by atoms with Crippen molar-refractivity contribution in [2.45, 2.75) is 161 Å². The zero-order valence-electron chi connectivity index (χ0n) is 29.1. The predicted octanol–water partition coefficient (Wildman–Crippen LogP) is 8.27. The highest BCUT2D eigenvalue weighted by atomic mass is 31.2. The van der Waals surface area contributed by atoms with Gasteiger partial charge in [0.1, 0.15) is 19.8 Å². The van der Waals surface area contributed by atoms with Gasteiger partial charge in [-0.2, -0.15) is 0 Å². The summed E-state index contributed by atoms with van der Waals surface area (Å²) in [5.41, 5.74) is 0. The Morgan fingerprint density at radius 3 is 1.45 bits per heavy atom. The summed E-state index contributed by atoms with van der Waals surface area (Å²) in [6, 6.07) is 0. The molecular weight excluding hydrogens is 581 g/mol. The molecule has 0 saturated carbocycles. The van der Waals surface area contributed by atoms with Crippen molar-refractivity contribution in [3.63, 3.8) is 0 Å². The number of quaternary nitrogens is 1. The molecule has 0 saturated heterocycles.